The van der Waals surface area contributed by atoms with Gasteiger partial charge in [-0.2, -0.15) is 0 Å². The lowest BCUT2D eigenvalue weighted by molar-refractivity contribution is 0.0713. The van der Waals surface area contributed by atoms with Gasteiger partial charge in [0.15, 0.2) is 0 Å². The van der Waals surface area contributed by atoms with Crippen LogP contribution in [0, 0.1) is 10.8 Å². The van der Waals surface area contributed by atoms with Crippen molar-refractivity contribution in [2.75, 3.05) is 6.54 Å². The molecule has 0 aromatic carbocycles. The van der Waals surface area contributed by atoms with E-state index in [1.165, 1.54) is 25.0 Å². The summed E-state index contributed by atoms with van der Waals surface area (Å²) in [4.78, 5) is 4.32. The Morgan fingerprint density at radius 3 is 2.44 bits per heavy atom. The summed E-state index contributed by atoms with van der Waals surface area (Å²) >= 11 is 0. The van der Waals surface area contributed by atoms with Crippen LogP contribution >= 0.6 is 0 Å². The summed E-state index contributed by atoms with van der Waals surface area (Å²) in [5.41, 5.74) is 7.80. The minimum atomic E-state index is 0.413. The van der Waals surface area contributed by atoms with Gasteiger partial charge in [-0.1, -0.05) is 27.7 Å². The topological polar surface area (TPSA) is 43.8 Å². The molecule has 1 saturated carbocycles. The van der Waals surface area contributed by atoms with E-state index in [0.717, 1.165) is 6.42 Å². The fourth-order valence-electron chi connectivity index (χ4n) is 3.99. The molecule has 1 aliphatic rings. The Kier molecular flexibility index (Phi) is 3.54. The highest BCUT2D eigenvalue weighted by Crippen LogP contribution is 2.50. The van der Waals surface area contributed by atoms with Gasteiger partial charge in [-0.3, -0.25) is 0 Å². The second kappa shape index (κ2) is 4.69. The van der Waals surface area contributed by atoms with Crippen LogP contribution in [0.1, 0.15) is 58.7 Å². The van der Waals surface area contributed by atoms with Crippen molar-refractivity contribution in [2.45, 2.75) is 59.4 Å². The van der Waals surface area contributed by atoms with E-state index in [1.54, 1.807) is 0 Å². The highest BCUT2D eigenvalue weighted by Gasteiger charge is 2.39. The van der Waals surface area contributed by atoms with E-state index < -0.39 is 0 Å². The van der Waals surface area contributed by atoms with Crippen LogP contribution in [0.5, 0.6) is 0 Å². The van der Waals surface area contributed by atoms with Crippen molar-refractivity contribution in [3.8, 4) is 0 Å². The molecule has 3 heteroatoms. The summed E-state index contributed by atoms with van der Waals surface area (Å²) in [6.07, 6.45) is 8.68. The maximum absolute atomic E-state index is 5.68. The van der Waals surface area contributed by atoms with Crippen LogP contribution < -0.4 is 5.73 Å². The molecule has 0 radical (unpaired) electrons. The Labute approximate surface area is 111 Å². The minimum Gasteiger partial charge on any atom is -0.331 e. The van der Waals surface area contributed by atoms with Gasteiger partial charge in [-0.05, 0) is 36.6 Å². The van der Waals surface area contributed by atoms with Crippen LogP contribution in [0.15, 0.2) is 12.5 Å². The molecule has 2 N–H and O–H groups in total. The van der Waals surface area contributed by atoms with Crippen LogP contribution in [-0.2, 0) is 6.42 Å². The SMILES string of the molecule is CC1(C)CC(n2cncc2CCN)CC(C)(C)C1. The fraction of sp³-hybridized carbons (Fsp3) is 0.800. The Bertz CT molecular complexity index is 388. The van der Waals surface area contributed by atoms with Gasteiger partial charge < -0.3 is 10.3 Å². The number of hydrogen-bond donors (Lipinski definition) is 1. The molecule has 0 amide bonds. The number of nitrogens with two attached hydrogens (primary N) is 1. The van der Waals surface area contributed by atoms with E-state index in [9.17, 15) is 0 Å². The molecule has 1 heterocycles. The fourth-order valence-corrected chi connectivity index (χ4v) is 3.99. The highest BCUT2D eigenvalue weighted by molar-refractivity contribution is 5.04. The lowest BCUT2D eigenvalue weighted by Gasteiger charge is -2.45. The molecule has 1 fully saturated rings. The molecule has 0 unspecified atom stereocenters. The third kappa shape index (κ3) is 2.94. The van der Waals surface area contributed by atoms with Crippen molar-refractivity contribution in [2.24, 2.45) is 16.6 Å². The molecule has 0 spiro atoms. The van der Waals surface area contributed by atoms with Crippen LogP contribution in [0.2, 0.25) is 0 Å². The molecule has 2 rings (SSSR count). The molecule has 18 heavy (non-hydrogen) atoms. The average Bonchev–Trinajstić information content (AvgIpc) is 2.61. The van der Waals surface area contributed by atoms with Crippen LogP contribution in [0.4, 0.5) is 0 Å². The largest absolute Gasteiger partial charge is 0.331 e. The van der Waals surface area contributed by atoms with E-state index in [4.69, 9.17) is 5.73 Å². The Balaban J connectivity index is 2.24. The van der Waals surface area contributed by atoms with Gasteiger partial charge in [0.1, 0.15) is 0 Å². The number of hydrogen-bond acceptors (Lipinski definition) is 2. The predicted molar refractivity (Wildman–Crippen MR) is 75.4 cm³/mol. The first-order chi connectivity index (χ1) is 8.33. The molecule has 1 aromatic rings. The summed E-state index contributed by atoms with van der Waals surface area (Å²) < 4.78 is 2.37. The van der Waals surface area contributed by atoms with Gasteiger partial charge in [-0.15, -0.1) is 0 Å². The second-order valence-corrected chi connectivity index (χ2v) is 7.40. The lowest BCUT2D eigenvalue weighted by atomic mass is 9.63. The van der Waals surface area contributed by atoms with Crippen molar-refractivity contribution in [3.63, 3.8) is 0 Å². The predicted octanol–water partition coefficient (Wildman–Crippen LogP) is 3.16. The van der Waals surface area contributed by atoms with Gasteiger partial charge in [0.25, 0.3) is 0 Å². The number of nitrogens with zero attached hydrogens (tertiary/aromatic N) is 2. The first kappa shape index (κ1) is 13.6. The smallest absolute Gasteiger partial charge is 0.0950 e. The normalized spacial score (nSPS) is 23.2. The summed E-state index contributed by atoms with van der Waals surface area (Å²) in [7, 11) is 0. The Morgan fingerprint density at radius 2 is 1.89 bits per heavy atom. The quantitative estimate of drug-likeness (QED) is 0.894. The molecular weight excluding hydrogens is 222 g/mol. The molecule has 3 nitrogen and oxygen atoms in total. The zero-order chi connectivity index (χ0) is 13.4. The molecule has 1 aliphatic carbocycles. The van der Waals surface area contributed by atoms with Crippen molar-refractivity contribution >= 4 is 0 Å². The summed E-state index contributed by atoms with van der Waals surface area (Å²) in [6, 6.07) is 0.577. The van der Waals surface area contributed by atoms with Gasteiger partial charge in [-0.25, -0.2) is 4.98 Å². The van der Waals surface area contributed by atoms with E-state index in [1.807, 2.05) is 12.5 Å². The zero-order valence-electron chi connectivity index (χ0n) is 12.2. The zero-order valence-corrected chi connectivity index (χ0v) is 12.2. The van der Waals surface area contributed by atoms with Crippen LogP contribution in [0.3, 0.4) is 0 Å². The Morgan fingerprint density at radius 1 is 1.28 bits per heavy atom. The third-order valence-corrected chi connectivity index (χ3v) is 4.07. The molecule has 0 aliphatic heterocycles. The first-order valence-corrected chi connectivity index (χ1v) is 7.04. The maximum atomic E-state index is 5.68. The standard InChI is InChI=1S/C15H27N3/c1-14(2)7-13(8-15(3,4)10-14)18-11-17-9-12(18)5-6-16/h9,11,13H,5-8,10,16H2,1-4H3. The molecule has 1 aromatic heterocycles. The van der Waals surface area contributed by atoms with Crippen LogP contribution in [-0.4, -0.2) is 16.1 Å². The summed E-state index contributed by atoms with van der Waals surface area (Å²) in [6.45, 7) is 10.3. The van der Waals surface area contributed by atoms with Gasteiger partial charge in [0.05, 0.1) is 6.33 Å². The second-order valence-electron chi connectivity index (χ2n) is 7.40. The monoisotopic (exact) mass is 249 g/mol. The van der Waals surface area contributed by atoms with Crippen molar-refractivity contribution < 1.29 is 0 Å². The van der Waals surface area contributed by atoms with E-state index >= 15 is 0 Å². The lowest BCUT2D eigenvalue weighted by Crippen LogP contribution is -2.35. The van der Waals surface area contributed by atoms with Gasteiger partial charge >= 0.3 is 0 Å². The van der Waals surface area contributed by atoms with E-state index in [2.05, 4.69) is 37.2 Å². The third-order valence-electron chi connectivity index (χ3n) is 4.07. The van der Waals surface area contributed by atoms with Gasteiger partial charge in [0, 0.05) is 24.4 Å². The summed E-state index contributed by atoms with van der Waals surface area (Å²) in [5.74, 6) is 0. The first-order valence-electron chi connectivity index (χ1n) is 7.04. The number of imidazole rings is 1. The van der Waals surface area contributed by atoms with E-state index in [0.29, 0.717) is 23.4 Å². The highest BCUT2D eigenvalue weighted by atomic mass is 15.1. The van der Waals surface area contributed by atoms with E-state index in [-0.39, 0.29) is 0 Å². The summed E-state index contributed by atoms with van der Waals surface area (Å²) in [5, 5.41) is 0. The average molecular weight is 249 g/mol. The van der Waals surface area contributed by atoms with Crippen molar-refractivity contribution in [1.29, 1.82) is 0 Å². The molecule has 0 atom stereocenters. The molecule has 0 saturated heterocycles. The molecule has 0 bridgehead atoms. The maximum Gasteiger partial charge on any atom is 0.0950 e. The minimum absolute atomic E-state index is 0.413. The number of rotatable bonds is 3. The molecule has 102 valence electrons. The van der Waals surface area contributed by atoms with Crippen molar-refractivity contribution in [1.82, 2.24) is 9.55 Å². The van der Waals surface area contributed by atoms with Gasteiger partial charge in [0.2, 0.25) is 0 Å². The Hall–Kier alpha value is -0.830. The van der Waals surface area contributed by atoms with Crippen molar-refractivity contribution in [3.05, 3.63) is 18.2 Å². The number of aromatic nitrogens is 2. The molecular formula is C15H27N3. The van der Waals surface area contributed by atoms with Crippen LogP contribution in [0.25, 0.3) is 0 Å².